The molecule has 24 heavy (non-hydrogen) atoms. The number of anilines is 2. The Kier molecular flexibility index (Phi) is 5.69. The Balaban J connectivity index is 1.50. The van der Waals surface area contributed by atoms with E-state index in [-0.39, 0.29) is 0 Å². The van der Waals surface area contributed by atoms with Crippen molar-refractivity contribution in [3.63, 3.8) is 0 Å². The Bertz CT molecular complexity index is 660. The molecule has 0 atom stereocenters. The molecule has 0 saturated carbocycles. The topological polar surface area (TPSA) is 53.3 Å². The number of aryl methyl sites for hydroxylation is 1. The SMILES string of the molecule is Cc1ccc(CNC(=S)Nc2ccc(N3CCCCCC3)nc2)o1. The molecule has 2 N–H and O–H groups in total. The third kappa shape index (κ3) is 4.71. The summed E-state index contributed by atoms with van der Waals surface area (Å²) < 4.78 is 5.51. The molecule has 128 valence electrons. The van der Waals surface area contributed by atoms with Crippen LogP contribution in [0.25, 0.3) is 0 Å². The summed E-state index contributed by atoms with van der Waals surface area (Å²) >= 11 is 5.32. The fourth-order valence-corrected chi connectivity index (χ4v) is 3.06. The maximum Gasteiger partial charge on any atom is 0.171 e. The predicted octanol–water partition coefficient (Wildman–Crippen LogP) is 3.85. The molecule has 3 heterocycles. The Morgan fingerprint density at radius 3 is 2.58 bits per heavy atom. The first-order chi connectivity index (χ1) is 11.7. The number of nitrogens with one attached hydrogen (secondary N) is 2. The summed E-state index contributed by atoms with van der Waals surface area (Å²) in [7, 11) is 0. The van der Waals surface area contributed by atoms with Crippen LogP contribution in [0.1, 0.15) is 37.2 Å². The highest BCUT2D eigenvalue weighted by Crippen LogP contribution is 2.18. The van der Waals surface area contributed by atoms with Crippen LogP contribution in [-0.2, 0) is 6.54 Å². The van der Waals surface area contributed by atoms with Crippen molar-refractivity contribution in [2.45, 2.75) is 39.2 Å². The average Bonchev–Trinajstić information content (AvgIpc) is 2.84. The average molecular weight is 344 g/mol. The second-order valence-corrected chi connectivity index (χ2v) is 6.53. The third-order valence-corrected chi connectivity index (χ3v) is 4.40. The summed E-state index contributed by atoms with van der Waals surface area (Å²) in [5, 5.41) is 6.86. The molecule has 2 aromatic heterocycles. The normalized spacial score (nSPS) is 15.0. The van der Waals surface area contributed by atoms with Gasteiger partial charge in [-0.25, -0.2) is 4.98 Å². The van der Waals surface area contributed by atoms with Gasteiger partial charge < -0.3 is 20.0 Å². The van der Waals surface area contributed by atoms with Gasteiger partial charge in [-0.1, -0.05) is 12.8 Å². The summed E-state index contributed by atoms with van der Waals surface area (Å²) in [6.07, 6.45) is 6.99. The van der Waals surface area contributed by atoms with Gasteiger partial charge in [0.05, 0.1) is 18.4 Å². The van der Waals surface area contributed by atoms with Crippen LogP contribution in [0.4, 0.5) is 11.5 Å². The standard InChI is InChI=1S/C18H24N4OS/c1-14-6-8-16(23-14)13-20-18(24)21-15-7-9-17(19-12-15)22-10-4-2-3-5-11-22/h6-9,12H,2-5,10-11,13H2,1H3,(H2,20,21,24). The van der Waals surface area contributed by atoms with Crippen molar-refractivity contribution in [3.05, 3.63) is 42.0 Å². The van der Waals surface area contributed by atoms with E-state index in [1.165, 1.54) is 25.7 Å². The van der Waals surface area contributed by atoms with Crippen molar-refractivity contribution in [2.75, 3.05) is 23.3 Å². The Hall–Kier alpha value is -2.08. The lowest BCUT2D eigenvalue weighted by Gasteiger charge is -2.21. The summed E-state index contributed by atoms with van der Waals surface area (Å²) in [5.41, 5.74) is 0.890. The van der Waals surface area contributed by atoms with Crippen molar-refractivity contribution in [2.24, 2.45) is 0 Å². The maximum absolute atomic E-state index is 5.51. The molecule has 0 spiro atoms. The summed E-state index contributed by atoms with van der Waals surface area (Å²) in [6.45, 7) is 4.70. The minimum absolute atomic E-state index is 0.563. The van der Waals surface area contributed by atoms with E-state index in [1.807, 2.05) is 31.3 Å². The van der Waals surface area contributed by atoms with Crippen LogP contribution in [0.2, 0.25) is 0 Å². The summed E-state index contributed by atoms with van der Waals surface area (Å²) in [6, 6.07) is 7.98. The van der Waals surface area contributed by atoms with Crippen LogP contribution in [0.5, 0.6) is 0 Å². The van der Waals surface area contributed by atoms with Crippen molar-refractivity contribution in [3.8, 4) is 0 Å². The highest BCUT2D eigenvalue weighted by atomic mass is 32.1. The molecule has 1 fully saturated rings. The molecule has 1 aliphatic rings. The van der Waals surface area contributed by atoms with Gasteiger partial charge in [0.25, 0.3) is 0 Å². The van der Waals surface area contributed by atoms with Crippen LogP contribution < -0.4 is 15.5 Å². The van der Waals surface area contributed by atoms with Gasteiger partial charge in [-0.3, -0.25) is 0 Å². The zero-order valence-electron chi connectivity index (χ0n) is 14.0. The molecule has 0 radical (unpaired) electrons. The van der Waals surface area contributed by atoms with Gasteiger partial charge in [0.2, 0.25) is 0 Å². The van der Waals surface area contributed by atoms with Crippen LogP contribution in [0.15, 0.2) is 34.9 Å². The van der Waals surface area contributed by atoms with Crippen molar-refractivity contribution < 1.29 is 4.42 Å². The minimum Gasteiger partial charge on any atom is -0.465 e. The lowest BCUT2D eigenvalue weighted by atomic mass is 10.2. The lowest BCUT2D eigenvalue weighted by Crippen LogP contribution is -2.28. The van der Waals surface area contributed by atoms with Crippen molar-refractivity contribution in [1.82, 2.24) is 10.3 Å². The number of furan rings is 1. The molecule has 0 unspecified atom stereocenters. The fraction of sp³-hybridized carbons (Fsp3) is 0.444. The molecule has 1 aliphatic heterocycles. The third-order valence-electron chi connectivity index (χ3n) is 4.15. The zero-order chi connectivity index (χ0) is 16.8. The Morgan fingerprint density at radius 2 is 1.96 bits per heavy atom. The largest absolute Gasteiger partial charge is 0.465 e. The molecular weight excluding hydrogens is 320 g/mol. The number of pyridine rings is 1. The number of hydrogen-bond acceptors (Lipinski definition) is 4. The second-order valence-electron chi connectivity index (χ2n) is 6.13. The highest BCUT2D eigenvalue weighted by molar-refractivity contribution is 7.80. The van der Waals surface area contributed by atoms with E-state index in [4.69, 9.17) is 16.6 Å². The van der Waals surface area contributed by atoms with Crippen LogP contribution in [0, 0.1) is 6.92 Å². The maximum atomic E-state index is 5.51. The van der Waals surface area contributed by atoms with Gasteiger partial charge in [-0.2, -0.15) is 0 Å². The van der Waals surface area contributed by atoms with Gasteiger partial charge >= 0.3 is 0 Å². The first-order valence-corrected chi connectivity index (χ1v) is 8.93. The molecule has 0 aromatic carbocycles. The molecule has 0 aliphatic carbocycles. The summed E-state index contributed by atoms with van der Waals surface area (Å²) in [5.74, 6) is 2.82. The lowest BCUT2D eigenvalue weighted by molar-refractivity contribution is 0.478. The van der Waals surface area contributed by atoms with Crippen molar-refractivity contribution >= 4 is 28.8 Å². The monoisotopic (exact) mass is 344 g/mol. The van der Waals surface area contributed by atoms with E-state index < -0.39 is 0 Å². The number of nitrogens with zero attached hydrogens (tertiary/aromatic N) is 2. The van der Waals surface area contributed by atoms with Crippen LogP contribution in [0.3, 0.4) is 0 Å². The van der Waals surface area contributed by atoms with E-state index in [1.54, 1.807) is 0 Å². The molecule has 6 heteroatoms. The number of thiocarbonyl (C=S) groups is 1. The predicted molar refractivity (Wildman–Crippen MR) is 101 cm³/mol. The molecular formula is C18H24N4OS. The fourth-order valence-electron chi connectivity index (χ4n) is 2.87. The second kappa shape index (κ2) is 8.15. The van der Waals surface area contributed by atoms with Gasteiger partial charge in [0.15, 0.2) is 5.11 Å². The number of rotatable bonds is 4. The number of hydrogen-bond donors (Lipinski definition) is 2. The van der Waals surface area contributed by atoms with Gasteiger partial charge in [-0.15, -0.1) is 0 Å². The van der Waals surface area contributed by atoms with Crippen LogP contribution >= 0.6 is 12.2 Å². The first kappa shape index (κ1) is 16.8. The molecule has 1 saturated heterocycles. The molecule has 0 amide bonds. The van der Waals surface area contributed by atoms with Gasteiger partial charge in [-0.05, 0) is 56.2 Å². The highest BCUT2D eigenvalue weighted by Gasteiger charge is 2.11. The van der Waals surface area contributed by atoms with E-state index in [2.05, 4.69) is 26.6 Å². The molecule has 5 nitrogen and oxygen atoms in total. The van der Waals surface area contributed by atoms with Gasteiger partial charge in [0, 0.05) is 13.1 Å². The van der Waals surface area contributed by atoms with E-state index in [0.29, 0.717) is 11.7 Å². The summed E-state index contributed by atoms with van der Waals surface area (Å²) in [4.78, 5) is 6.94. The number of aromatic nitrogens is 1. The molecule has 3 rings (SSSR count). The molecule has 0 bridgehead atoms. The zero-order valence-corrected chi connectivity index (χ0v) is 14.9. The van der Waals surface area contributed by atoms with E-state index >= 15 is 0 Å². The Labute approximate surface area is 148 Å². The minimum atomic E-state index is 0.563. The van der Waals surface area contributed by atoms with Gasteiger partial charge in [0.1, 0.15) is 17.3 Å². The van der Waals surface area contributed by atoms with E-state index in [9.17, 15) is 0 Å². The smallest absolute Gasteiger partial charge is 0.171 e. The first-order valence-electron chi connectivity index (χ1n) is 8.52. The quantitative estimate of drug-likeness (QED) is 0.822. The Morgan fingerprint density at radius 1 is 1.17 bits per heavy atom. The molecule has 2 aromatic rings. The van der Waals surface area contributed by atoms with Crippen molar-refractivity contribution in [1.29, 1.82) is 0 Å². The van der Waals surface area contributed by atoms with E-state index in [0.717, 1.165) is 36.1 Å². The van der Waals surface area contributed by atoms with Crippen LogP contribution in [-0.4, -0.2) is 23.2 Å².